The Morgan fingerprint density at radius 2 is 2.33 bits per heavy atom. The Labute approximate surface area is 88.1 Å². The summed E-state index contributed by atoms with van der Waals surface area (Å²) in [6.45, 7) is 4.34. The summed E-state index contributed by atoms with van der Waals surface area (Å²) < 4.78 is 1.55. The fourth-order valence-electron chi connectivity index (χ4n) is 1.32. The lowest BCUT2D eigenvalue weighted by Gasteiger charge is -2.05. The molecule has 0 unspecified atom stereocenters. The van der Waals surface area contributed by atoms with Crippen molar-refractivity contribution >= 4 is 11.6 Å². The number of amides is 1. The number of hydrogen-bond acceptors (Lipinski definition) is 4. The van der Waals surface area contributed by atoms with E-state index in [1.54, 1.807) is 11.6 Å². The third-order valence-electron chi connectivity index (χ3n) is 2.09. The van der Waals surface area contributed by atoms with Crippen molar-refractivity contribution in [3.8, 4) is 0 Å². The molecule has 0 aliphatic rings. The Kier molecular flexibility index (Phi) is 3.68. The first kappa shape index (κ1) is 11.5. The summed E-state index contributed by atoms with van der Waals surface area (Å²) in [5.41, 5.74) is 7.15. The normalized spacial score (nSPS) is 10.3. The molecule has 0 saturated carbocycles. The van der Waals surface area contributed by atoms with Crippen LogP contribution >= 0.6 is 0 Å². The first-order chi connectivity index (χ1) is 7.11. The predicted octanol–water partition coefficient (Wildman–Crippen LogP) is -0.484. The molecule has 1 amide bonds. The number of anilines is 1. The van der Waals surface area contributed by atoms with E-state index in [-0.39, 0.29) is 19.1 Å². The molecule has 0 spiro atoms. The van der Waals surface area contributed by atoms with Crippen LogP contribution in [0.1, 0.15) is 23.1 Å². The Bertz CT molecular complexity index is 359. The second kappa shape index (κ2) is 4.79. The van der Waals surface area contributed by atoms with Gasteiger partial charge in [0.1, 0.15) is 5.69 Å². The minimum Gasteiger partial charge on any atom is -0.395 e. The van der Waals surface area contributed by atoms with E-state index in [1.807, 2.05) is 6.92 Å². The van der Waals surface area contributed by atoms with Gasteiger partial charge in [-0.1, -0.05) is 0 Å². The van der Waals surface area contributed by atoms with Gasteiger partial charge < -0.3 is 16.2 Å². The maximum Gasteiger partial charge on any atom is 0.271 e. The molecule has 6 nitrogen and oxygen atoms in total. The molecule has 0 saturated heterocycles. The number of nitrogens with zero attached hydrogens (tertiary/aromatic N) is 2. The van der Waals surface area contributed by atoms with Crippen molar-refractivity contribution in [3.05, 3.63) is 11.4 Å². The summed E-state index contributed by atoms with van der Waals surface area (Å²) in [6, 6.07) is 0. The van der Waals surface area contributed by atoms with Gasteiger partial charge in [0, 0.05) is 13.1 Å². The summed E-state index contributed by atoms with van der Waals surface area (Å²) >= 11 is 0. The Balaban J connectivity index is 2.96. The molecular weight excluding hydrogens is 196 g/mol. The van der Waals surface area contributed by atoms with Crippen LogP contribution in [-0.2, 0) is 6.54 Å². The highest BCUT2D eigenvalue weighted by Gasteiger charge is 2.18. The van der Waals surface area contributed by atoms with E-state index >= 15 is 0 Å². The van der Waals surface area contributed by atoms with Crippen LogP contribution in [0.25, 0.3) is 0 Å². The third-order valence-corrected chi connectivity index (χ3v) is 2.09. The highest BCUT2D eigenvalue weighted by molar-refractivity contribution is 5.97. The molecular formula is C9H16N4O2. The maximum absolute atomic E-state index is 11.7. The molecule has 6 heteroatoms. The van der Waals surface area contributed by atoms with Gasteiger partial charge in [0.05, 0.1) is 18.0 Å². The van der Waals surface area contributed by atoms with Crippen LogP contribution in [0.15, 0.2) is 0 Å². The van der Waals surface area contributed by atoms with Crippen LogP contribution in [0, 0.1) is 6.92 Å². The topological polar surface area (TPSA) is 93.2 Å². The standard InChI is InChI=1S/C9H16N4O2/c1-3-13-8(7(10)6(2)12-13)9(15)11-4-5-14/h14H,3-5,10H2,1-2H3,(H,11,15). The summed E-state index contributed by atoms with van der Waals surface area (Å²) in [5, 5.41) is 15.3. The van der Waals surface area contributed by atoms with Crippen LogP contribution in [-0.4, -0.2) is 33.9 Å². The molecule has 0 atom stereocenters. The summed E-state index contributed by atoms with van der Waals surface area (Å²) in [5.74, 6) is -0.302. The Morgan fingerprint density at radius 1 is 1.67 bits per heavy atom. The van der Waals surface area contributed by atoms with E-state index in [9.17, 15) is 4.79 Å². The summed E-state index contributed by atoms with van der Waals surface area (Å²) in [4.78, 5) is 11.7. The van der Waals surface area contributed by atoms with Crippen molar-refractivity contribution in [1.29, 1.82) is 0 Å². The number of nitrogens with two attached hydrogens (primary N) is 1. The highest BCUT2D eigenvalue weighted by atomic mass is 16.3. The fourth-order valence-corrected chi connectivity index (χ4v) is 1.32. The third kappa shape index (κ3) is 2.27. The molecule has 1 heterocycles. The predicted molar refractivity (Wildman–Crippen MR) is 56.5 cm³/mol. The Morgan fingerprint density at radius 3 is 2.87 bits per heavy atom. The van der Waals surface area contributed by atoms with Crippen molar-refractivity contribution in [2.24, 2.45) is 0 Å². The average Bonchev–Trinajstić information content (AvgIpc) is 2.51. The molecule has 4 N–H and O–H groups in total. The van der Waals surface area contributed by atoms with Crippen molar-refractivity contribution in [2.75, 3.05) is 18.9 Å². The van der Waals surface area contributed by atoms with Crippen LogP contribution in [0.3, 0.4) is 0 Å². The van der Waals surface area contributed by atoms with E-state index < -0.39 is 0 Å². The molecule has 0 aromatic carbocycles. The van der Waals surface area contributed by atoms with E-state index in [4.69, 9.17) is 10.8 Å². The van der Waals surface area contributed by atoms with Gasteiger partial charge in [0.15, 0.2) is 0 Å². The number of rotatable bonds is 4. The largest absolute Gasteiger partial charge is 0.395 e. The molecule has 15 heavy (non-hydrogen) atoms. The van der Waals surface area contributed by atoms with Crippen LogP contribution in [0.4, 0.5) is 5.69 Å². The van der Waals surface area contributed by atoms with Crippen LogP contribution in [0.5, 0.6) is 0 Å². The zero-order valence-corrected chi connectivity index (χ0v) is 8.95. The maximum atomic E-state index is 11.7. The number of aryl methyl sites for hydroxylation is 2. The van der Waals surface area contributed by atoms with Crippen molar-refractivity contribution in [3.63, 3.8) is 0 Å². The number of nitrogens with one attached hydrogen (secondary N) is 1. The summed E-state index contributed by atoms with van der Waals surface area (Å²) in [7, 11) is 0. The number of aromatic nitrogens is 2. The highest BCUT2D eigenvalue weighted by Crippen LogP contribution is 2.15. The van der Waals surface area contributed by atoms with Gasteiger partial charge in [-0.05, 0) is 13.8 Å². The molecule has 0 aliphatic heterocycles. The zero-order chi connectivity index (χ0) is 11.4. The number of hydrogen-bond donors (Lipinski definition) is 3. The monoisotopic (exact) mass is 212 g/mol. The molecule has 84 valence electrons. The molecule has 0 fully saturated rings. The molecule has 1 aromatic rings. The Hall–Kier alpha value is -1.56. The number of carbonyl (C=O) groups is 1. The van der Waals surface area contributed by atoms with Gasteiger partial charge in [-0.3, -0.25) is 9.48 Å². The van der Waals surface area contributed by atoms with Gasteiger partial charge >= 0.3 is 0 Å². The first-order valence-corrected chi connectivity index (χ1v) is 4.83. The molecule has 0 radical (unpaired) electrons. The second-order valence-corrected chi connectivity index (χ2v) is 3.14. The van der Waals surface area contributed by atoms with Crippen molar-refractivity contribution < 1.29 is 9.90 Å². The lowest BCUT2D eigenvalue weighted by atomic mass is 10.3. The van der Waals surface area contributed by atoms with Crippen molar-refractivity contribution in [1.82, 2.24) is 15.1 Å². The van der Waals surface area contributed by atoms with Gasteiger partial charge in [-0.25, -0.2) is 0 Å². The van der Waals surface area contributed by atoms with Gasteiger partial charge in [-0.15, -0.1) is 0 Å². The van der Waals surface area contributed by atoms with Gasteiger partial charge in [0.25, 0.3) is 5.91 Å². The van der Waals surface area contributed by atoms with Crippen LogP contribution < -0.4 is 11.1 Å². The second-order valence-electron chi connectivity index (χ2n) is 3.14. The first-order valence-electron chi connectivity index (χ1n) is 4.83. The van der Waals surface area contributed by atoms with Crippen molar-refractivity contribution in [2.45, 2.75) is 20.4 Å². The number of aliphatic hydroxyl groups excluding tert-OH is 1. The molecule has 0 bridgehead atoms. The number of nitrogen functional groups attached to an aromatic ring is 1. The lowest BCUT2D eigenvalue weighted by molar-refractivity contribution is 0.0935. The molecule has 1 aromatic heterocycles. The number of aliphatic hydroxyl groups is 1. The van der Waals surface area contributed by atoms with Crippen LogP contribution in [0.2, 0.25) is 0 Å². The lowest BCUT2D eigenvalue weighted by Crippen LogP contribution is -2.29. The smallest absolute Gasteiger partial charge is 0.271 e. The molecule has 0 aliphatic carbocycles. The molecule has 1 rings (SSSR count). The minimum absolute atomic E-state index is 0.0924. The van der Waals surface area contributed by atoms with E-state index in [0.29, 0.717) is 23.6 Å². The van der Waals surface area contributed by atoms with E-state index in [1.165, 1.54) is 0 Å². The quantitative estimate of drug-likeness (QED) is 0.628. The number of carbonyl (C=O) groups excluding carboxylic acids is 1. The minimum atomic E-state index is -0.302. The summed E-state index contributed by atoms with van der Waals surface area (Å²) in [6.07, 6.45) is 0. The average molecular weight is 212 g/mol. The van der Waals surface area contributed by atoms with Gasteiger partial charge in [0.2, 0.25) is 0 Å². The van der Waals surface area contributed by atoms with E-state index in [0.717, 1.165) is 0 Å². The fraction of sp³-hybridized carbons (Fsp3) is 0.556. The zero-order valence-electron chi connectivity index (χ0n) is 8.95. The van der Waals surface area contributed by atoms with E-state index in [2.05, 4.69) is 10.4 Å². The van der Waals surface area contributed by atoms with Gasteiger partial charge in [-0.2, -0.15) is 5.10 Å². The SMILES string of the molecule is CCn1nc(C)c(N)c1C(=O)NCCO.